The molecule has 0 radical (unpaired) electrons. The normalized spacial score (nSPS) is 10.9. The summed E-state index contributed by atoms with van der Waals surface area (Å²) in [7, 11) is 1.91. The topological polar surface area (TPSA) is 98.9 Å². The number of nitrogens with zero attached hydrogens (tertiary/aromatic N) is 5. The molecule has 30 heavy (non-hydrogen) atoms. The lowest BCUT2D eigenvalue weighted by molar-refractivity contribution is -0.144. The third-order valence-corrected chi connectivity index (χ3v) is 4.56. The van der Waals surface area contributed by atoms with Crippen molar-refractivity contribution in [2.45, 2.75) is 20.0 Å². The van der Waals surface area contributed by atoms with Gasteiger partial charge < -0.3 is 19.9 Å². The second-order valence-corrected chi connectivity index (χ2v) is 6.72. The number of ether oxygens (including phenoxy) is 1. The molecule has 0 aliphatic carbocycles. The first-order valence-corrected chi connectivity index (χ1v) is 9.68. The molecule has 0 unspecified atom stereocenters. The zero-order valence-electron chi connectivity index (χ0n) is 16.9. The van der Waals surface area contributed by atoms with E-state index >= 15 is 0 Å². The lowest BCUT2D eigenvalue weighted by Crippen LogP contribution is -2.13. The van der Waals surface area contributed by atoms with Crippen LogP contribution in [0, 0.1) is 0 Å². The molecule has 0 amide bonds. The van der Waals surface area contributed by atoms with Crippen LogP contribution in [0.3, 0.4) is 0 Å². The van der Waals surface area contributed by atoms with E-state index < -0.39 is 0 Å². The SMILES string of the molecule is CCOC(=O)Cn1cc(Nc2ncc3ccn(Cc4cccc(NC)c4)c3n2)cn1. The number of hydrogen-bond donors (Lipinski definition) is 2. The molecule has 0 atom stereocenters. The van der Waals surface area contributed by atoms with Crippen molar-refractivity contribution in [3.05, 3.63) is 60.7 Å². The zero-order valence-corrected chi connectivity index (χ0v) is 16.9. The molecule has 9 heteroatoms. The first kappa shape index (κ1) is 19.4. The monoisotopic (exact) mass is 405 g/mol. The van der Waals surface area contributed by atoms with Crippen molar-refractivity contribution in [3.8, 4) is 0 Å². The minimum Gasteiger partial charge on any atom is -0.465 e. The summed E-state index contributed by atoms with van der Waals surface area (Å²) in [5.41, 5.74) is 3.77. The van der Waals surface area contributed by atoms with Crippen molar-refractivity contribution < 1.29 is 9.53 Å². The molecule has 3 heterocycles. The first-order valence-electron chi connectivity index (χ1n) is 9.68. The number of rotatable bonds is 8. The third-order valence-electron chi connectivity index (χ3n) is 4.56. The molecule has 0 aliphatic rings. The van der Waals surface area contributed by atoms with Gasteiger partial charge in [0.25, 0.3) is 0 Å². The van der Waals surface area contributed by atoms with E-state index in [0.29, 0.717) is 24.8 Å². The summed E-state index contributed by atoms with van der Waals surface area (Å²) in [6, 6.07) is 10.3. The fourth-order valence-electron chi connectivity index (χ4n) is 3.16. The van der Waals surface area contributed by atoms with E-state index in [1.54, 1.807) is 25.5 Å². The van der Waals surface area contributed by atoms with Crippen LogP contribution in [-0.2, 0) is 22.6 Å². The number of esters is 1. The van der Waals surface area contributed by atoms with Crippen LogP contribution >= 0.6 is 0 Å². The van der Waals surface area contributed by atoms with E-state index in [1.807, 2.05) is 31.4 Å². The third kappa shape index (κ3) is 4.40. The Morgan fingerprint density at radius 3 is 2.93 bits per heavy atom. The Morgan fingerprint density at radius 2 is 2.10 bits per heavy atom. The lowest BCUT2D eigenvalue weighted by Gasteiger charge is -2.08. The van der Waals surface area contributed by atoms with Gasteiger partial charge in [-0.1, -0.05) is 12.1 Å². The summed E-state index contributed by atoms with van der Waals surface area (Å²) >= 11 is 0. The van der Waals surface area contributed by atoms with Crippen LogP contribution in [0.1, 0.15) is 12.5 Å². The summed E-state index contributed by atoms with van der Waals surface area (Å²) in [6.07, 6.45) is 7.13. The van der Waals surface area contributed by atoms with Gasteiger partial charge in [0.05, 0.1) is 18.5 Å². The van der Waals surface area contributed by atoms with Gasteiger partial charge >= 0.3 is 5.97 Å². The summed E-state index contributed by atoms with van der Waals surface area (Å²) < 4.78 is 8.53. The Morgan fingerprint density at radius 1 is 1.20 bits per heavy atom. The highest BCUT2D eigenvalue weighted by Crippen LogP contribution is 2.19. The first-order chi connectivity index (χ1) is 14.6. The van der Waals surface area contributed by atoms with Crippen LogP contribution in [0.5, 0.6) is 0 Å². The van der Waals surface area contributed by atoms with Gasteiger partial charge in [-0.05, 0) is 30.7 Å². The molecule has 0 aliphatic heterocycles. The number of carbonyl (C=O) groups excluding carboxylic acids is 1. The van der Waals surface area contributed by atoms with Crippen LogP contribution in [0.4, 0.5) is 17.3 Å². The minimum absolute atomic E-state index is 0.0595. The van der Waals surface area contributed by atoms with Gasteiger partial charge in [-0.15, -0.1) is 0 Å². The Labute approximate surface area is 173 Å². The highest BCUT2D eigenvalue weighted by molar-refractivity contribution is 5.77. The number of nitrogens with one attached hydrogen (secondary N) is 2. The van der Waals surface area contributed by atoms with E-state index in [4.69, 9.17) is 4.74 Å². The Balaban J connectivity index is 1.51. The smallest absolute Gasteiger partial charge is 0.327 e. The van der Waals surface area contributed by atoms with Crippen molar-refractivity contribution in [1.82, 2.24) is 24.3 Å². The maximum Gasteiger partial charge on any atom is 0.327 e. The molecule has 154 valence electrons. The molecule has 2 N–H and O–H groups in total. The molecule has 0 saturated carbocycles. The van der Waals surface area contributed by atoms with Gasteiger partial charge in [-0.25, -0.2) is 4.98 Å². The van der Waals surface area contributed by atoms with Crippen molar-refractivity contribution >= 4 is 34.3 Å². The van der Waals surface area contributed by atoms with Gasteiger partial charge in [0.1, 0.15) is 12.2 Å². The number of hydrogen-bond acceptors (Lipinski definition) is 7. The van der Waals surface area contributed by atoms with Crippen LogP contribution < -0.4 is 10.6 Å². The van der Waals surface area contributed by atoms with Crippen molar-refractivity contribution in [2.75, 3.05) is 24.3 Å². The van der Waals surface area contributed by atoms with Gasteiger partial charge in [0, 0.05) is 43.3 Å². The molecule has 0 spiro atoms. The summed E-state index contributed by atoms with van der Waals surface area (Å²) in [5.74, 6) is 0.132. The van der Waals surface area contributed by atoms with Crippen LogP contribution in [0.25, 0.3) is 11.0 Å². The average molecular weight is 405 g/mol. The summed E-state index contributed by atoms with van der Waals surface area (Å²) in [6.45, 7) is 2.88. The minimum atomic E-state index is -0.329. The Kier molecular flexibility index (Phi) is 5.60. The number of aromatic nitrogens is 5. The number of anilines is 3. The molecule has 1 aromatic carbocycles. The second kappa shape index (κ2) is 8.64. The average Bonchev–Trinajstić information content (AvgIpc) is 3.35. The van der Waals surface area contributed by atoms with Gasteiger partial charge in [0.2, 0.25) is 5.95 Å². The van der Waals surface area contributed by atoms with Crippen LogP contribution in [0.15, 0.2) is 55.1 Å². The summed E-state index contributed by atoms with van der Waals surface area (Å²) in [4.78, 5) is 20.6. The van der Waals surface area contributed by atoms with Crippen molar-refractivity contribution in [1.29, 1.82) is 0 Å². The fourth-order valence-corrected chi connectivity index (χ4v) is 3.16. The predicted octanol–water partition coefficient (Wildman–Crippen LogP) is 3.02. The van der Waals surface area contributed by atoms with E-state index in [0.717, 1.165) is 16.7 Å². The largest absolute Gasteiger partial charge is 0.465 e. The molecule has 3 aromatic heterocycles. The maximum atomic E-state index is 11.6. The van der Waals surface area contributed by atoms with Gasteiger partial charge in [0.15, 0.2) is 0 Å². The molecule has 4 aromatic rings. The zero-order chi connectivity index (χ0) is 20.9. The molecule has 4 rings (SSSR count). The molecule has 0 saturated heterocycles. The Hall–Kier alpha value is -3.88. The highest BCUT2D eigenvalue weighted by Gasteiger charge is 2.09. The standard InChI is InChI=1S/C21H23N7O2/c1-3-30-19(29)14-28-13-18(11-24-28)25-21-23-10-16-7-8-27(20(16)26-21)12-15-5-4-6-17(9-15)22-2/h4-11,13,22H,3,12,14H2,1-2H3,(H,23,25,26). The van der Waals surface area contributed by atoms with E-state index in [2.05, 4.69) is 42.4 Å². The van der Waals surface area contributed by atoms with Crippen molar-refractivity contribution in [3.63, 3.8) is 0 Å². The van der Waals surface area contributed by atoms with Gasteiger partial charge in [-0.2, -0.15) is 10.1 Å². The summed E-state index contributed by atoms with van der Waals surface area (Å²) in [5, 5.41) is 11.4. The molecule has 0 fully saturated rings. The molecular formula is C21H23N7O2. The van der Waals surface area contributed by atoms with Crippen molar-refractivity contribution in [2.24, 2.45) is 0 Å². The van der Waals surface area contributed by atoms with E-state index in [9.17, 15) is 4.79 Å². The Bertz CT molecular complexity index is 1170. The van der Waals surface area contributed by atoms with Crippen LogP contribution in [-0.4, -0.2) is 43.9 Å². The van der Waals surface area contributed by atoms with E-state index in [1.165, 1.54) is 10.2 Å². The van der Waals surface area contributed by atoms with Gasteiger partial charge in [-0.3, -0.25) is 9.48 Å². The second-order valence-electron chi connectivity index (χ2n) is 6.72. The van der Waals surface area contributed by atoms with Crippen LogP contribution in [0.2, 0.25) is 0 Å². The molecule has 0 bridgehead atoms. The fraction of sp³-hybridized carbons (Fsp3) is 0.238. The maximum absolute atomic E-state index is 11.6. The quantitative estimate of drug-likeness (QED) is 0.435. The predicted molar refractivity (Wildman–Crippen MR) is 115 cm³/mol. The number of fused-ring (bicyclic) bond motifs is 1. The van der Waals surface area contributed by atoms with E-state index in [-0.39, 0.29) is 12.5 Å². The highest BCUT2D eigenvalue weighted by atomic mass is 16.5. The molecular weight excluding hydrogens is 382 g/mol. The number of benzene rings is 1. The number of carbonyl (C=O) groups is 1. The molecule has 9 nitrogen and oxygen atoms in total. The lowest BCUT2D eigenvalue weighted by atomic mass is 10.2.